The van der Waals surface area contributed by atoms with Crippen molar-refractivity contribution in [2.24, 2.45) is 0 Å². The van der Waals surface area contributed by atoms with Crippen molar-refractivity contribution in [1.29, 1.82) is 0 Å². The lowest BCUT2D eigenvalue weighted by atomic mass is 10.1. The molecule has 2 N–H and O–H groups in total. The molecule has 4 rings (SSSR count). The van der Waals surface area contributed by atoms with Gasteiger partial charge in [-0.05, 0) is 43.3 Å². The van der Waals surface area contributed by atoms with E-state index < -0.39 is 27.3 Å². The average molecular weight is 527 g/mol. The number of nitrogens with zero attached hydrogens (tertiary/aromatic N) is 2. The van der Waals surface area contributed by atoms with Gasteiger partial charge in [-0.15, -0.1) is 0 Å². The van der Waals surface area contributed by atoms with Crippen LogP contribution in [-0.4, -0.2) is 73.2 Å². The van der Waals surface area contributed by atoms with E-state index in [-0.39, 0.29) is 52.7 Å². The summed E-state index contributed by atoms with van der Waals surface area (Å²) in [5.74, 6) is -1.43. The second-order valence-corrected chi connectivity index (χ2v) is 10.3. The minimum absolute atomic E-state index is 0.0366. The number of nitrogens with one attached hydrogen (secondary N) is 2. The Kier molecular flexibility index (Phi) is 7.41. The molecular formula is C25H26N4O7S. The molecule has 2 heterocycles. The van der Waals surface area contributed by atoms with Crippen LogP contribution in [0.15, 0.2) is 58.4 Å². The first-order valence-electron chi connectivity index (χ1n) is 11.6. The molecule has 0 aliphatic carbocycles. The Bertz CT molecular complexity index is 1540. The second kappa shape index (κ2) is 10.5. The summed E-state index contributed by atoms with van der Waals surface area (Å²) in [5, 5.41) is 2.85. The Morgan fingerprint density at radius 1 is 1.05 bits per heavy atom. The first-order valence-corrected chi connectivity index (χ1v) is 13.1. The fraction of sp³-hybridized carbons (Fsp3) is 0.280. The van der Waals surface area contributed by atoms with Crippen LogP contribution in [0.25, 0.3) is 10.9 Å². The van der Waals surface area contributed by atoms with Gasteiger partial charge in [-0.25, -0.2) is 13.2 Å². The summed E-state index contributed by atoms with van der Waals surface area (Å²) in [4.78, 5) is 53.7. The molecule has 12 heteroatoms. The Balaban J connectivity index is 1.55. The number of aromatic nitrogens is 1. The number of esters is 1. The molecule has 1 aliphatic rings. The maximum Gasteiger partial charge on any atom is 0.343 e. The van der Waals surface area contributed by atoms with E-state index in [1.165, 1.54) is 47.8 Å². The molecule has 194 valence electrons. The highest BCUT2D eigenvalue weighted by Crippen LogP contribution is 2.21. The van der Waals surface area contributed by atoms with Gasteiger partial charge in [-0.1, -0.05) is 6.07 Å². The van der Waals surface area contributed by atoms with Crippen molar-refractivity contribution in [3.63, 3.8) is 0 Å². The van der Waals surface area contributed by atoms with Crippen LogP contribution in [0.4, 0.5) is 5.69 Å². The first kappa shape index (κ1) is 26.0. The van der Waals surface area contributed by atoms with E-state index in [2.05, 4.69) is 10.3 Å². The quantitative estimate of drug-likeness (QED) is 0.466. The van der Waals surface area contributed by atoms with Gasteiger partial charge in [-0.2, -0.15) is 4.31 Å². The minimum atomic E-state index is -3.87. The van der Waals surface area contributed by atoms with Gasteiger partial charge in [0.05, 0.1) is 11.5 Å². The zero-order valence-electron chi connectivity index (χ0n) is 20.3. The molecule has 1 saturated heterocycles. The third-order valence-corrected chi connectivity index (χ3v) is 7.95. The van der Waals surface area contributed by atoms with Crippen molar-refractivity contribution in [3.05, 3.63) is 70.0 Å². The molecule has 0 radical (unpaired) electrons. The van der Waals surface area contributed by atoms with Gasteiger partial charge in [0, 0.05) is 61.5 Å². The summed E-state index contributed by atoms with van der Waals surface area (Å²) in [6.45, 7) is 4.12. The summed E-state index contributed by atoms with van der Waals surface area (Å²) in [6.07, 6.45) is 1.28. The molecule has 11 nitrogen and oxygen atoms in total. The number of piperazine rings is 1. The van der Waals surface area contributed by atoms with Gasteiger partial charge in [0.15, 0.2) is 0 Å². The highest BCUT2D eigenvalue weighted by molar-refractivity contribution is 7.89. The van der Waals surface area contributed by atoms with Crippen molar-refractivity contribution < 1.29 is 27.5 Å². The van der Waals surface area contributed by atoms with E-state index in [0.29, 0.717) is 18.6 Å². The lowest BCUT2D eigenvalue weighted by molar-refractivity contribution is -0.129. The molecule has 0 unspecified atom stereocenters. The maximum absolute atomic E-state index is 13.1. The molecule has 0 spiro atoms. The predicted molar refractivity (Wildman–Crippen MR) is 136 cm³/mol. The molecule has 0 bridgehead atoms. The lowest BCUT2D eigenvalue weighted by Gasteiger charge is -2.33. The maximum atomic E-state index is 13.1. The van der Waals surface area contributed by atoms with Crippen molar-refractivity contribution >= 4 is 44.4 Å². The fourth-order valence-electron chi connectivity index (χ4n) is 4.05. The zero-order chi connectivity index (χ0) is 26.7. The molecule has 3 aromatic rings. The number of carbonyl (C=O) groups is 3. The van der Waals surface area contributed by atoms with E-state index in [0.717, 1.165) is 0 Å². The molecule has 1 aromatic heterocycles. The van der Waals surface area contributed by atoms with E-state index in [4.69, 9.17) is 4.74 Å². The fourth-order valence-corrected chi connectivity index (χ4v) is 5.52. The molecule has 2 amide bonds. The molecular weight excluding hydrogens is 500 g/mol. The molecule has 1 fully saturated rings. The number of carbonyl (C=O) groups excluding carboxylic acids is 3. The largest absolute Gasteiger partial charge is 0.462 e. The van der Waals surface area contributed by atoms with E-state index >= 15 is 0 Å². The van der Waals surface area contributed by atoms with Crippen LogP contribution in [0.3, 0.4) is 0 Å². The average Bonchev–Trinajstić information content (AvgIpc) is 2.89. The third-order valence-electron chi connectivity index (χ3n) is 6.05. The SMILES string of the molecule is CCOC(=O)c1c[nH]c2ccc(NC(=O)c3cccc(S(=O)(=O)N4CCN(C(C)=O)CC4)c3)cc2c1=O. The Morgan fingerprint density at radius 3 is 2.46 bits per heavy atom. The number of aromatic amines is 1. The molecule has 0 saturated carbocycles. The van der Waals surface area contributed by atoms with Gasteiger partial charge in [0.25, 0.3) is 5.91 Å². The molecule has 2 aromatic carbocycles. The Labute approximate surface area is 213 Å². The predicted octanol–water partition coefficient (Wildman–Crippen LogP) is 1.81. The minimum Gasteiger partial charge on any atom is -0.462 e. The molecule has 1 aliphatic heterocycles. The number of anilines is 1. The summed E-state index contributed by atoms with van der Waals surface area (Å²) in [6, 6.07) is 10.3. The monoisotopic (exact) mass is 526 g/mol. The van der Waals surface area contributed by atoms with Crippen LogP contribution in [0.5, 0.6) is 0 Å². The second-order valence-electron chi connectivity index (χ2n) is 8.40. The van der Waals surface area contributed by atoms with Crippen LogP contribution < -0.4 is 10.7 Å². The number of hydrogen-bond acceptors (Lipinski definition) is 7. The third kappa shape index (κ3) is 5.39. The van der Waals surface area contributed by atoms with Crippen molar-refractivity contribution in [3.8, 4) is 0 Å². The van der Waals surface area contributed by atoms with Crippen molar-refractivity contribution in [1.82, 2.24) is 14.2 Å². The van der Waals surface area contributed by atoms with Crippen LogP contribution >= 0.6 is 0 Å². The number of hydrogen-bond donors (Lipinski definition) is 2. The van der Waals surface area contributed by atoms with Gasteiger partial charge < -0.3 is 19.9 Å². The van der Waals surface area contributed by atoms with Crippen LogP contribution in [0.1, 0.15) is 34.6 Å². The number of benzene rings is 2. The highest BCUT2D eigenvalue weighted by Gasteiger charge is 2.29. The summed E-state index contributed by atoms with van der Waals surface area (Å²) >= 11 is 0. The number of amides is 2. The van der Waals surface area contributed by atoms with Gasteiger partial charge in [0.2, 0.25) is 21.4 Å². The lowest BCUT2D eigenvalue weighted by Crippen LogP contribution is -2.49. The topological polar surface area (TPSA) is 146 Å². The van der Waals surface area contributed by atoms with Gasteiger partial charge in [-0.3, -0.25) is 14.4 Å². The number of pyridine rings is 1. The molecule has 0 atom stereocenters. The van der Waals surface area contributed by atoms with Crippen molar-refractivity contribution in [2.45, 2.75) is 18.7 Å². The van der Waals surface area contributed by atoms with Crippen LogP contribution in [0, 0.1) is 0 Å². The number of ether oxygens (including phenoxy) is 1. The number of H-pyrrole nitrogens is 1. The zero-order valence-corrected chi connectivity index (χ0v) is 21.1. The van der Waals surface area contributed by atoms with Crippen molar-refractivity contribution in [2.75, 3.05) is 38.1 Å². The summed E-state index contributed by atoms with van der Waals surface area (Å²) < 4.78 is 32.5. The Hall–Kier alpha value is -4.03. The van der Waals surface area contributed by atoms with E-state index in [9.17, 15) is 27.6 Å². The van der Waals surface area contributed by atoms with Gasteiger partial charge in [0.1, 0.15) is 5.56 Å². The highest BCUT2D eigenvalue weighted by atomic mass is 32.2. The van der Waals surface area contributed by atoms with Crippen LogP contribution in [0.2, 0.25) is 0 Å². The molecule has 37 heavy (non-hydrogen) atoms. The Morgan fingerprint density at radius 2 is 1.78 bits per heavy atom. The summed E-state index contributed by atoms with van der Waals surface area (Å²) in [7, 11) is -3.87. The number of sulfonamides is 1. The van der Waals surface area contributed by atoms with E-state index in [1.807, 2.05) is 0 Å². The normalized spacial score (nSPS) is 14.4. The number of rotatable bonds is 6. The first-order chi connectivity index (χ1) is 17.6. The summed E-state index contributed by atoms with van der Waals surface area (Å²) in [5.41, 5.74) is 0.172. The standard InChI is InChI=1S/C25H26N4O7S/c1-3-36-25(33)21-15-26-22-8-7-18(14-20(22)23(21)31)27-24(32)17-5-4-6-19(13-17)37(34,35)29-11-9-28(10-12-29)16(2)30/h4-8,13-15H,3,9-12H2,1-2H3,(H,26,31)(H,27,32). The van der Waals surface area contributed by atoms with Crippen LogP contribution in [-0.2, 0) is 19.6 Å². The number of fused-ring (bicyclic) bond motifs is 1. The smallest absolute Gasteiger partial charge is 0.343 e. The van der Waals surface area contributed by atoms with Gasteiger partial charge >= 0.3 is 5.97 Å². The van der Waals surface area contributed by atoms with E-state index in [1.54, 1.807) is 24.0 Å².